The van der Waals surface area contributed by atoms with Crippen LogP contribution in [0.2, 0.25) is 0 Å². The van der Waals surface area contributed by atoms with E-state index in [0.717, 1.165) is 11.8 Å². The molecule has 0 saturated heterocycles. The molecule has 4 nitrogen and oxygen atoms in total. The van der Waals surface area contributed by atoms with Gasteiger partial charge in [-0.25, -0.2) is 0 Å². The van der Waals surface area contributed by atoms with Crippen LogP contribution >= 0.6 is 0 Å². The SMILES string of the molecule is COC(C)c1ccc(OS(C)(=O)=O)cc1. The Kier molecular flexibility index (Phi) is 3.71. The van der Waals surface area contributed by atoms with E-state index >= 15 is 0 Å². The summed E-state index contributed by atoms with van der Waals surface area (Å²) in [6.45, 7) is 1.91. The van der Waals surface area contributed by atoms with Crippen LogP contribution in [0, 0.1) is 0 Å². The van der Waals surface area contributed by atoms with Gasteiger partial charge in [-0.2, -0.15) is 8.42 Å². The van der Waals surface area contributed by atoms with E-state index in [9.17, 15) is 8.42 Å². The number of ether oxygens (including phenoxy) is 1. The summed E-state index contributed by atoms with van der Waals surface area (Å²) in [7, 11) is -1.83. The van der Waals surface area contributed by atoms with Crippen molar-refractivity contribution in [2.24, 2.45) is 0 Å². The van der Waals surface area contributed by atoms with E-state index in [0.29, 0.717) is 5.75 Å². The van der Waals surface area contributed by atoms with Crippen molar-refractivity contribution >= 4 is 10.1 Å². The fraction of sp³-hybridized carbons (Fsp3) is 0.400. The normalized spacial score (nSPS) is 13.5. The van der Waals surface area contributed by atoms with Gasteiger partial charge in [-0.05, 0) is 24.6 Å². The van der Waals surface area contributed by atoms with Crippen molar-refractivity contribution in [1.29, 1.82) is 0 Å². The Bertz CT molecular complexity index is 408. The summed E-state index contributed by atoms with van der Waals surface area (Å²) in [5, 5.41) is 0. The molecule has 0 radical (unpaired) electrons. The summed E-state index contributed by atoms with van der Waals surface area (Å²) in [4.78, 5) is 0. The summed E-state index contributed by atoms with van der Waals surface area (Å²) in [5.41, 5.74) is 0.971. The van der Waals surface area contributed by atoms with Crippen molar-refractivity contribution in [2.75, 3.05) is 13.4 Å². The zero-order chi connectivity index (χ0) is 11.5. The first-order valence-electron chi connectivity index (χ1n) is 4.44. The van der Waals surface area contributed by atoms with Crippen LogP contribution in [0.5, 0.6) is 5.75 Å². The second-order valence-electron chi connectivity index (χ2n) is 3.23. The molecule has 0 aliphatic rings. The van der Waals surface area contributed by atoms with Gasteiger partial charge < -0.3 is 8.92 Å². The molecule has 0 N–H and O–H groups in total. The molecule has 1 rings (SSSR count). The molecular weight excluding hydrogens is 216 g/mol. The largest absolute Gasteiger partial charge is 0.383 e. The third kappa shape index (κ3) is 3.89. The van der Waals surface area contributed by atoms with Crippen molar-refractivity contribution in [2.45, 2.75) is 13.0 Å². The lowest BCUT2D eigenvalue weighted by atomic mass is 10.1. The summed E-state index contributed by atoms with van der Waals surface area (Å²) < 4.78 is 31.5. The van der Waals surface area contributed by atoms with Gasteiger partial charge in [0, 0.05) is 7.11 Å². The van der Waals surface area contributed by atoms with Gasteiger partial charge in [0.1, 0.15) is 5.75 Å². The van der Waals surface area contributed by atoms with Crippen LogP contribution < -0.4 is 4.18 Å². The highest BCUT2D eigenvalue weighted by Gasteiger charge is 2.06. The molecule has 1 aromatic rings. The lowest BCUT2D eigenvalue weighted by Crippen LogP contribution is -2.05. The zero-order valence-electron chi connectivity index (χ0n) is 8.93. The molecule has 84 valence electrons. The molecule has 5 heteroatoms. The van der Waals surface area contributed by atoms with Crippen molar-refractivity contribution in [1.82, 2.24) is 0 Å². The lowest BCUT2D eigenvalue weighted by Gasteiger charge is -2.10. The van der Waals surface area contributed by atoms with E-state index in [1.165, 1.54) is 0 Å². The maximum Gasteiger partial charge on any atom is 0.306 e. The summed E-state index contributed by atoms with van der Waals surface area (Å²) in [5.74, 6) is 0.310. The third-order valence-corrected chi connectivity index (χ3v) is 2.45. The first-order valence-corrected chi connectivity index (χ1v) is 6.26. The van der Waals surface area contributed by atoms with Crippen LogP contribution in [-0.4, -0.2) is 21.8 Å². The van der Waals surface area contributed by atoms with Gasteiger partial charge in [0.2, 0.25) is 0 Å². The summed E-state index contributed by atoms with van der Waals surface area (Å²) in [6, 6.07) is 6.75. The lowest BCUT2D eigenvalue weighted by molar-refractivity contribution is 0.119. The predicted molar refractivity (Wildman–Crippen MR) is 57.3 cm³/mol. The molecule has 15 heavy (non-hydrogen) atoms. The van der Waals surface area contributed by atoms with E-state index in [1.807, 2.05) is 6.92 Å². The van der Waals surface area contributed by atoms with Gasteiger partial charge >= 0.3 is 10.1 Å². The number of benzene rings is 1. The molecule has 0 amide bonds. The molecule has 1 unspecified atom stereocenters. The van der Waals surface area contributed by atoms with Crippen molar-refractivity contribution in [3.8, 4) is 5.75 Å². The molecule has 0 aliphatic carbocycles. The zero-order valence-corrected chi connectivity index (χ0v) is 9.74. The Morgan fingerprint density at radius 1 is 1.20 bits per heavy atom. The molecule has 0 heterocycles. The quantitative estimate of drug-likeness (QED) is 0.739. The van der Waals surface area contributed by atoms with Gasteiger partial charge in [0.25, 0.3) is 0 Å². The van der Waals surface area contributed by atoms with Gasteiger partial charge in [-0.15, -0.1) is 0 Å². The molecular formula is C10H14O4S. The predicted octanol–water partition coefficient (Wildman–Crippen LogP) is 1.73. The maximum atomic E-state index is 10.8. The van der Waals surface area contributed by atoms with E-state index in [1.54, 1.807) is 31.4 Å². The highest BCUT2D eigenvalue weighted by molar-refractivity contribution is 7.86. The average Bonchev–Trinajstić information content (AvgIpc) is 2.15. The minimum Gasteiger partial charge on any atom is -0.383 e. The van der Waals surface area contributed by atoms with Crippen molar-refractivity contribution in [3.63, 3.8) is 0 Å². The number of hydrogen-bond donors (Lipinski definition) is 0. The van der Waals surface area contributed by atoms with Crippen LogP contribution in [0.15, 0.2) is 24.3 Å². The third-order valence-electron chi connectivity index (χ3n) is 1.95. The van der Waals surface area contributed by atoms with E-state index in [2.05, 4.69) is 0 Å². The van der Waals surface area contributed by atoms with Crippen LogP contribution in [0.3, 0.4) is 0 Å². The second-order valence-corrected chi connectivity index (χ2v) is 4.81. The van der Waals surface area contributed by atoms with E-state index in [-0.39, 0.29) is 6.10 Å². The summed E-state index contributed by atoms with van der Waals surface area (Å²) in [6.07, 6.45) is 0.996. The van der Waals surface area contributed by atoms with Gasteiger partial charge in [0.15, 0.2) is 0 Å². The topological polar surface area (TPSA) is 52.6 Å². The molecule has 0 fully saturated rings. The fourth-order valence-corrected chi connectivity index (χ4v) is 1.57. The average molecular weight is 230 g/mol. The molecule has 0 saturated carbocycles. The minimum atomic E-state index is -3.45. The van der Waals surface area contributed by atoms with Crippen LogP contribution in [0.25, 0.3) is 0 Å². The van der Waals surface area contributed by atoms with Crippen molar-refractivity contribution < 1.29 is 17.3 Å². The monoisotopic (exact) mass is 230 g/mol. The Hall–Kier alpha value is -1.07. The van der Waals surface area contributed by atoms with Gasteiger partial charge in [0.05, 0.1) is 12.4 Å². The van der Waals surface area contributed by atoms with Crippen LogP contribution in [-0.2, 0) is 14.9 Å². The standard InChI is InChI=1S/C10H14O4S/c1-8(13-2)9-4-6-10(7-5-9)14-15(3,11)12/h4-8H,1-3H3. The fourth-order valence-electron chi connectivity index (χ4n) is 1.11. The van der Waals surface area contributed by atoms with Gasteiger partial charge in [-0.1, -0.05) is 12.1 Å². The van der Waals surface area contributed by atoms with E-state index in [4.69, 9.17) is 8.92 Å². The highest BCUT2D eigenvalue weighted by atomic mass is 32.2. The van der Waals surface area contributed by atoms with Crippen LogP contribution in [0.4, 0.5) is 0 Å². The number of rotatable bonds is 4. The second kappa shape index (κ2) is 4.63. The molecule has 1 atom stereocenters. The van der Waals surface area contributed by atoms with Crippen LogP contribution in [0.1, 0.15) is 18.6 Å². The van der Waals surface area contributed by atoms with E-state index < -0.39 is 10.1 Å². The number of methoxy groups -OCH3 is 1. The Morgan fingerprint density at radius 2 is 1.73 bits per heavy atom. The molecule has 0 bridgehead atoms. The Balaban J connectivity index is 2.81. The maximum absolute atomic E-state index is 10.8. The van der Waals surface area contributed by atoms with Crippen molar-refractivity contribution in [3.05, 3.63) is 29.8 Å². The molecule has 0 aliphatic heterocycles. The smallest absolute Gasteiger partial charge is 0.306 e. The first kappa shape index (κ1) is 12.0. The molecule has 0 aromatic heterocycles. The highest BCUT2D eigenvalue weighted by Crippen LogP contribution is 2.20. The van der Waals surface area contributed by atoms with Gasteiger partial charge in [-0.3, -0.25) is 0 Å². The Morgan fingerprint density at radius 3 is 2.13 bits per heavy atom. The minimum absolute atomic E-state index is 0.0164. The number of hydrogen-bond acceptors (Lipinski definition) is 4. The summed E-state index contributed by atoms with van der Waals surface area (Å²) >= 11 is 0. The Labute approximate surface area is 90.0 Å². The molecule has 0 spiro atoms. The first-order chi connectivity index (χ1) is 6.92. The molecule has 1 aromatic carbocycles.